The lowest BCUT2D eigenvalue weighted by molar-refractivity contribution is -0.109. The molecule has 2 aromatic rings. The lowest BCUT2D eigenvalue weighted by Crippen LogP contribution is -2.09. The van der Waals surface area contributed by atoms with Gasteiger partial charge in [-0.15, -0.1) is 0 Å². The van der Waals surface area contributed by atoms with Gasteiger partial charge in [-0.05, 0) is 36.1 Å². The molecule has 1 aliphatic rings. The molecule has 0 saturated carbocycles. The lowest BCUT2D eigenvalue weighted by atomic mass is 9.94. The molecule has 3 rings (SSSR count). The van der Waals surface area contributed by atoms with Crippen LogP contribution in [0.1, 0.15) is 41.4 Å². The molecule has 0 radical (unpaired) electrons. The number of ketones is 1. The summed E-state index contributed by atoms with van der Waals surface area (Å²) in [6, 6.07) is 6.18. The van der Waals surface area contributed by atoms with Gasteiger partial charge in [-0.2, -0.15) is 0 Å². The number of Topliss-reactive ketones (excluding diaryl/α,β-unsaturated/α-hetero) is 1. The summed E-state index contributed by atoms with van der Waals surface area (Å²) in [4.78, 5) is 26.1. The average molecular weight is 299 g/mol. The van der Waals surface area contributed by atoms with Crippen LogP contribution in [0.15, 0.2) is 24.3 Å². The van der Waals surface area contributed by atoms with Crippen LogP contribution < -0.4 is 0 Å². The maximum Gasteiger partial charge on any atom is 0.186 e. The Hall–Kier alpha value is -1.81. The van der Waals surface area contributed by atoms with E-state index in [1.54, 1.807) is 6.92 Å². The van der Waals surface area contributed by atoms with Crippen LogP contribution in [0.2, 0.25) is 0 Å². The van der Waals surface area contributed by atoms with Crippen molar-refractivity contribution in [3.8, 4) is 0 Å². The van der Waals surface area contributed by atoms with Crippen molar-refractivity contribution in [2.24, 2.45) is 0 Å². The van der Waals surface area contributed by atoms with E-state index in [1.165, 1.54) is 11.8 Å². The molecule has 0 saturated heterocycles. The van der Waals surface area contributed by atoms with Crippen molar-refractivity contribution >= 4 is 39.6 Å². The van der Waals surface area contributed by atoms with E-state index in [1.807, 2.05) is 24.3 Å². The molecule has 0 fully saturated rings. The van der Waals surface area contributed by atoms with Gasteiger partial charge in [-0.3, -0.25) is 9.59 Å². The molecule has 4 heteroatoms. The number of hydrogen-bond donors (Lipinski definition) is 1. The van der Waals surface area contributed by atoms with Gasteiger partial charge < -0.3 is 4.98 Å². The molecule has 1 aliphatic carbocycles. The first-order valence-electron chi connectivity index (χ1n) is 7.13. The van der Waals surface area contributed by atoms with Gasteiger partial charge in [-0.1, -0.05) is 30.0 Å². The highest BCUT2D eigenvalue weighted by molar-refractivity contribution is 8.13. The van der Waals surface area contributed by atoms with Gasteiger partial charge in [0, 0.05) is 30.0 Å². The molecule has 21 heavy (non-hydrogen) atoms. The first kappa shape index (κ1) is 14.1. The zero-order valence-corrected chi connectivity index (χ0v) is 12.8. The molecule has 0 aliphatic heterocycles. The lowest BCUT2D eigenvalue weighted by Gasteiger charge is -2.09. The van der Waals surface area contributed by atoms with Crippen molar-refractivity contribution in [2.75, 3.05) is 5.75 Å². The standard InChI is InChI=1S/C17H17NO2S/c1-11(19)21-9-3-4-12-7-8-15-14(10-12)13-5-2-6-16(20)17(13)18-15/h3-4,7-8,10,18H,2,5-6,9H2,1H3. The summed E-state index contributed by atoms with van der Waals surface area (Å²) in [5.74, 6) is 0.916. The number of H-pyrrole nitrogens is 1. The zero-order valence-electron chi connectivity index (χ0n) is 11.9. The molecule has 108 valence electrons. The molecule has 0 bridgehead atoms. The highest BCUT2D eigenvalue weighted by Gasteiger charge is 2.21. The van der Waals surface area contributed by atoms with E-state index in [4.69, 9.17) is 0 Å². The van der Waals surface area contributed by atoms with E-state index in [0.717, 1.165) is 40.6 Å². The van der Waals surface area contributed by atoms with Gasteiger partial charge in [0.25, 0.3) is 0 Å². The van der Waals surface area contributed by atoms with Crippen LogP contribution in [0.25, 0.3) is 17.0 Å². The van der Waals surface area contributed by atoms with Crippen LogP contribution in [0.4, 0.5) is 0 Å². The summed E-state index contributed by atoms with van der Waals surface area (Å²) in [5, 5.41) is 1.28. The number of aromatic nitrogens is 1. The highest BCUT2D eigenvalue weighted by atomic mass is 32.2. The molecule has 0 amide bonds. The number of fused-ring (bicyclic) bond motifs is 3. The fraction of sp³-hybridized carbons (Fsp3) is 0.294. The largest absolute Gasteiger partial charge is 0.352 e. The topological polar surface area (TPSA) is 49.9 Å². The Balaban J connectivity index is 1.89. The second-order valence-corrected chi connectivity index (χ2v) is 6.46. The Morgan fingerprint density at radius 3 is 3.05 bits per heavy atom. The fourth-order valence-corrected chi connectivity index (χ4v) is 3.19. The zero-order chi connectivity index (χ0) is 14.8. The number of hydrogen-bond acceptors (Lipinski definition) is 3. The Kier molecular flexibility index (Phi) is 3.97. The number of thioether (sulfide) groups is 1. The number of benzene rings is 1. The van der Waals surface area contributed by atoms with Crippen molar-refractivity contribution in [3.63, 3.8) is 0 Å². The predicted octanol–water partition coefficient (Wildman–Crippen LogP) is 3.98. The van der Waals surface area contributed by atoms with Crippen LogP contribution in [0.5, 0.6) is 0 Å². The Labute approximate surface area is 127 Å². The van der Waals surface area contributed by atoms with E-state index < -0.39 is 0 Å². The Bertz CT molecular complexity index is 743. The van der Waals surface area contributed by atoms with E-state index >= 15 is 0 Å². The number of aryl methyl sites for hydroxylation is 1. The van der Waals surface area contributed by atoms with E-state index in [2.05, 4.69) is 11.1 Å². The minimum atomic E-state index is 0.133. The monoisotopic (exact) mass is 299 g/mol. The maximum absolute atomic E-state index is 11.9. The van der Waals surface area contributed by atoms with Gasteiger partial charge in [0.15, 0.2) is 10.9 Å². The van der Waals surface area contributed by atoms with Gasteiger partial charge >= 0.3 is 0 Å². The molecule has 1 aromatic carbocycles. The molecular weight excluding hydrogens is 282 g/mol. The summed E-state index contributed by atoms with van der Waals surface area (Å²) >= 11 is 1.30. The van der Waals surface area contributed by atoms with Crippen molar-refractivity contribution < 1.29 is 9.59 Å². The summed E-state index contributed by atoms with van der Waals surface area (Å²) < 4.78 is 0. The molecule has 1 aromatic heterocycles. The molecule has 0 spiro atoms. The average Bonchev–Trinajstić information content (AvgIpc) is 2.83. The van der Waals surface area contributed by atoms with E-state index in [0.29, 0.717) is 12.2 Å². The maximum atomic E-state index is 11.9. The number of carbonyl (C=O) groups excluding carboxylic acids is 2. The molecular formula is C17H17NO2S. The van der Waals surface area contributed by atoms with Crippen molar-refractivity contribution in [2.45, 2.75) is 26.2 Å². The molecule has 1 N–H and O–H groups in total. The van der Waals surface area contributed by atoms with E-state index in [9.17, 15) is 9.59 Å². The third-order valence-corrected chi connectivity index (χ3v) is 4.50. The van der Waals surface area contributed by atoms with Crippen LogP contribution >= 0.6 is 11.8 Å². The summed E-state index contributed by atoms with van der Waals surface area (Å²) in [6.45, 7) is 1.58. The molecule has 0 atom stereocenters. The summed E-state index contributed by atoms with van der Waals surface area (Å²) in [7, 11) is 0. The second-order valence-electron chi connectivity index (χ2n) is 5.27. The number of aromatic amines is 1. The third-order valence-electron chi connectivity index (χ3n) is 3.73. The normalized spacial score (nSPS) is 14.8. The van der Waals surface area contributed by atoms with Crippen molar-refractivity contribution in [1.82, 2.24) is 4.98 Å². The first-order chi connectivity index (χ1) is 10.1. The number of rotatable bonds is 3. The van der Waals surface area contributed by atoms with E-state index in [-0.39, 0.29) is 10.9 Å². The predicted molar refractivity (Wildman–Crippen MR) is 87.7 cm³/mol. The van der Waals surface area contributed by atoms with Crippen LogP contribution in [0, 0.1) is 0 Å². The fourth-order valence-electron chi connectivity index (χ4n) is 2.77. The minimum absolute atomic E-state index is 0.133. The van der Waals surface area contributed by atoms with Crippen molar-refractivity contribution in [1.29, 1.82) is 0 Å². The van der Waals surface area contributed by atoms with Gasteiger partial charge in [0.2, 0.25) is 0 Å². The number of carbonyl (C=O) groups is 2. The molecule has 0 unspecified atom stereocenters. The second kappa shape index (κ2) is 5.90. The minimum Gasteiger partial charge on any atom is -0.352 e. The van der Waals surface area contributed by atoms with Crippen LogP contribution in [-0.4, -0.2) is 21.6 Å². The third kappa shape index (κ3) is 2.95. The molecule has 3 nitrogen and oxygen atoms in total. The van der Waals surface area contributed by atoms with Crippen LogP contribution in [-0.2, 0) is 11.2 Å². The SMILES string of the molecule is CC(=O)SCC=Cc1ccc2[nH]c3c(c2c1)CCCC3=O. The Morgan fingerprint density at radius 1 is 1.38 bits per heavy atom. The first-order valence-corrected chi connectivity index (χ1v) is 8.11. The van der Waals surface area contributed by atoms with Gasteiger partial charge in [-0.25, -0.2) is 0 Å². The quantitative estimate of drug-likeness (QED) is 0.932. The molecule has 1 heterocycles. The van der Waals surface area contributed by atoms with Gasteiger partial charge in [0.1, 0.15) is 0 Å². The summed E-state index contributed by atoms with van der Waals surface area (Å²) in [5.41, 5.74) is 4.09. The number of nitrogens with one attached hydrogen (secondary N) is 1. The smallest absolute Gasteiger partial charge is 0.186 e. The Morgan fingerprint density at radius 2 is 2.24 bits per heavy atom. The van der Waals surface area contributed by atoms with Gasteiger partial charge in [0.05, 0.1) is 5.69 Å². The summed E-state index contributed by atoms with van der Waals surface area (Å²) in [6.07, 6.45) is 6.58. The highest BCUT2D eigenvalue weighted by Crippen LogP contribution is 2.30. The van der Waals surface area contributed by atoms with Crippen molar-refractivity contribution in [3.05, 3.63) is 41.1 Å². The van der Waals surface area contributed by atoms with Crippen LogP contribution in [0.3, 0.4) is 0 Å².